The van der Waals surface area contributed by atoms with Gasteiger partial charge in [0.2, 0.25) is 0 Å². The fraction of sp³-hybridized carbons (Fsp3) is 0. The van der Waals surface area contributed by atoms with E-state index in [1.54, 1.807) is 12.1 Å². The van der Waals surface area contributed by atoms with Crippen molar-refractivity contribution in [1.82, 2.24) is 9.97 Å². The number of benzene rings is 1. The third-order valence-electron chi connectivity index (χ3n) is 2.17. The van der Waals surface area contributed by atoms with Crippen molar-refractivity contribution in [1.29, 1.82) is 5.41 Å². The van der Waals surface area contributed by atoms with Gasteiger partial charge in [0.25, 0.3) is 5.69 Å². The van der Waals surface area contributed by atoms with Gasteiger partial charge in [-0.3, -0.25) is 15.5 Å². The maximum absolute atomic E-state index is 10.5. The second kappa shape index (κ2) is 5.44. The first-order valence-electron chi connectivity index (χ1n) is 5.15. The van der Waals surface area contributed by atoms with Crippen molar-refractivity contribution in [2.24, 2.45) is 5.73 Å². The Bertz CT molecular complexity index is 556. The van der Waals surface area contributed by atoms with Gasteiger partial charge in [0.1, 0.15) is 16.6 Å². The molecule has 0 fully saturated rings. The molecule has 1 heterocycles. The predicted octanol–water partition coefficient (Wildman–Crippen LogP) is 1.82. The molecule has 3 N–H and O–H groups in total. The monoisotopic (exact) mass is 275 g/mol. The van der Waals surface area contributed by atoms with Gasteiger partial charge in [-0.25, -0.2) is 9.97 Å². The van der Waals surface area contributed by atoms with Crippen LogP contribution in [-0.4, -0.2) is 20.7 Å². The van der Waals surface area contributed by atoms with Crippen LogP contribution in [0.15, 0.2) is 46.6 Å². The standard InChI is InChI=1S/C11H9N5O2S/c12-11(13)9-5-15-10(6-14-9)19-8-3-1-7(2-4-8)16(17)18/h1-6H,(H3,12,13). The van der Waals surface area contributed by atoms with Gasteiger partial charge >= 0.3 is 0 Å². The van der Waals surface area contributed by atoms with Crippen LogP contribution in [0.4, 0.5) is 5.69 Å². The molecular weight excluding hydrogens is 266 g/mol. The van der Waals surface area contributed by atoms with Crippen molar-refractivity contribution in [3.8, 4) is 0 Å². The molecule has 1 aromatic heterocycles. The zero-order valence-electron chi connectivity index (χ0n) is 9.61. The molecule has 0 saturated heterocycles. The number of nitro benzene ring substituents is 1. The van der Waals surface area contributed by atoms with Crippen molar-refractivity contribution >= 4 is 23.3 Å². The van der Waals surface area contributed by atoms with E-state index in [0.717, 1.165) is 4.90 Å². The summed E-state index contributed by atoms with van der Waals surface area (Å²) in [6, 6.07) is 6.14. The van der Waals surface area contributed by atoms with Crippen LogP contribution in [0.2, 0.25) is 0 Å². The average Bonchev–Trinajstić information content (AvgIpc) is 2.40. The fourth-order valence-corrected chi connectivity index (χ4v) is 1.99. The van der Waals surface area contributed by atoms with Crippen LogP contribution < -0.4 is 5.73 Å². The first kappa shape index (κ1) is 13.0. The summed E-state index contributed by atoms with van der Waals surface area (Å²) in [4.78, 5) is 19.0. The first-order chi connectivity index (χ1) is 9.06. The minimum atomic E-state index is -0.449. The highest BCUT2D eigenvalue weighted by Gasteiger charge is 2.06. The van der Waals surface area contributed by atoms with Crippen LogP contribution in [0.25, 0.3) is 0 Å². The minimum absolute atomic E-state index is 0.0439. The van der Waals surface area contributed by atoms with Crippen molar-refractivity contribution in [3.63, 3.8) is 0 Å². The Kier molecular flexibility index (Phi) is 3.71. The zero-order valence-corrected chi connectivity index (χ0v) is 10.4. The van der Waals surface area contributed by atoms with Crippen molar-refractivity contribution in [2.45, 2.75) is 9.92 Å². The number of amidine groups is 1. The molecule has 0 unspecified atom stereocenters. The third-order valence-corrected chi connectivity index (χ3v) is 3.10. The van der Waals surface area contributed by atoms with E-state index in [0.29, 0.717) is 10.7 Å². The van der Waals surface area contributed by atoms with Crippen LogP contribution in [0, 0.1) is 15.5 Å². The fourth-order valence-electron chi connectivity index (χ4n) is 1.26. The molecule has 8 heteroatoms. The number of aromatic nitrogens is 2. The summed E-state index contributed by atoms with van der Waals surface area (Å²) < 4.78 is 0. The molecular formula is C11H9N5O2S. The van der Waals surface area contributed by atoms with E-state index in [2.05, 4.69) is 9.97 Å². The molecule has 0 aliphatic carbocycles. The summed E-state index contributed by atoms with van der Waals surface area (Å²) in [5.74, 6) is -0.139. The normalized spacial score (nSPS) is 10.1. The topological polar surface area (TPSA) is 119 Å². The number of nitrogens with one attached hydrogen (secondary N) is 1. The maximum atomic E-state index is 10.5. The summed E-state index contributed by atoms with van der Waals surface area (Å²) in [5, 5.41) is 18.3. The van der Waals surface area contributed by atoms with Gasteiger partial charge < -0.3 is 5.73 Å². The van der Waals surface area contributed by atoms with Crippen LogP contribution in [0.1, 0.15) is 5.69 Å². The van der Waals surface area contributed by atoms with Gasteiger partial charge in [0.15, 0.2) is 0 Å². The number of non-ortho nitro benzene ring substituents is 1. The van der Waals surface area contributed by atoms with Gasteiger partial charge in [0, 0.05) is 17.0 Å². The van der Waals surface area contributed by atoms with E-state index < -0.39 is 4.92 Å². The first-order valence-corrected chi connectivity index (χ1v) is 5.96. The molecule has 0 spiro atoms. The number of hydrogen-bond acceptors (Lipinski definition) is 6. The summed E-state index contributed by atoms with van der Waals surface area (Å²) in [6.07, 6.45) is 2.92. The van der Waals surface area contributed by atoms with E-state index in [9.17, 15) is 10.1 Å². The van der Waals surface area contributed by atoms with E-state index in [-0.39, 0.29) is 11.5 Å². The summed E-state index contributed by atoms with van der Waals surface area (Å²) >= 11 is 1.32. The van der Waals surface area contributed by atoms with Crippen LogP contribution in [0.3, 0.4) is 0 Å². The molecule has 2 rings (SSSR count). The molecule has 0 amide bonds. The lowest BCUT2D eigenvalue weighted by atomic mass is 10.3. The number of nitrogen functional groups attached to an aromatic ring is 1. The Morgan fingerprint density at radius 1 is 1.26 bits per heavy atom. The number of nitro groups is 1. The largest absolute Gasteiger partial charge is 0.382 e. The molecule has 2 aromatic rings. The van der Waals surface area contributed by atoms with Crippen LogP contribution >= 0.6 is 11.8 Å². The van der Waals surface area contributed by atoms with Crippen molar-refractivity contribution in [3.05, 3.63) is 52.5 Å². The van der Waals surface area contributed by atoms with Gasteiger partial charge in [-0.1, -0.05) is 11.8 Å². The lowest BCUT2D eigenvalue weighted by Gasteiger charge is -2.01. The third kappa shape index (κ3) is 3.26. The molecule has 0 aliphatic heterocycles. The predicted molar refractivity (Wildman–Crippen MR) is 70.3 cm³/mol. The number of hydrogen-bond donors (Lipinski definition) is 2. The molecule has 96 valence electrons. The molecule has 0 bridgehead atoms. The highest BCUT2D eigenvalue weighted by atomic mass is 32.2. The number of nitrogens with zero attached hydrogens (tertiary/aromatic N) is 3. The van der Waals surface area contributed by atoms with Crippen LogP contribution in [0.5, 0.6) is 0 Å². The van der Waals surface area contributed by atoms with E-state index in [4.69, 9.17) is 11.1 Å². The Morgan fingerprint density at radius 2 is 1.95 bits per heavy atom. The van der Waals surface area contributed by atoms with Crippen molar-refractivity contribution in [2.75, 3.05) is 0 Å². The summed E-state index contributed by atoms with van der Waals surface area (Å²) in [7, 11) is 0. The second-order valence-corrected chi connectivity index (χ2v) is 4.60. The summed E-state index contributed by atoms with van der Waals surface area (Å²) in [5.41, 5.74) is 5.63. The molecule has 19 heavy (non-hydrogen) atoms. The second-order valence-electron chi connectivity index (χ2n) is 3.51. The average molecular weight is 275 g/mol. The van der Waals surface area contributed by atoms with Gasteiger partial charge in [-0.05, 0) is 12.1 Å². The van der Waals surface area contributed by atoms with Gasteiger partial charge in [-0.15, -0.1) is 0 Å². The Labute approximate surface area is 112 Å². The molecule has 0 aliphatic rings. The smallest absolute Gasteiger partial charge is 0.269 e. The molecule has 0 saturated carbocycles. The van der Waals surface area contributed by atoms with E-state index in [1.807, 2.05) is 0 Å². The zero-order chi connectivity index (χ0) is 13.8. The van der Waals surface area contributed by atoms with E-state index in [1.165, 1.54) is 36.3 Å². The summed E-state index contributed by atoms with van der Waals surface area (Å²) in [6.45, 7) is 0. The molecule has 0 atom stereocenters. The lowest BCUT2D eigenvalue weighted by Crippen LogP contribution is -2.13. The Morgan fingerprint density at radius 3 is 2.42 bits per heavy atom. The van der Waals surface area contributed by atoms with Crippen LogP contribution in [-0.2, 0) is 0 Å². The highest BCUT2D eigenvalue weighted by Crippen LogP contribution is 2.26. The van der Waals surface area contributed by atoms with Gasteiger partial charge in [0.05, 0.1) is 17.3 Å². The van der Waals surface area contributed by atoms with Crippen molar-refractivity contribution < 1.29 is 4.92 Å². The minimum Gasteiger partial charge on any atom is -0.382 e. The highest BCUT2D eigenvalue weighted by molar-refractivity contribution is 7.99. The SMILES string of the molecule is N=C(N)c1cnc(Sc2ccc([N+](=O)[O-])cc2)cn1. The Balaban J connectivity index is 2.12. The van der Waals surface area contributed by atoms with E-state index >= 15 is 0 Å². The maximum Gasteiger partial charge on any atom is 0.269 e. The Hall–Kier alpha value is -2.48. The quantitative estimate of drug-likeness (QED) is 0.380. The van der Waals surface area contributed by atoms with Gasteiger partial charge in [-0.2, -0.15) is 0 Å². The molecule has 7 nitrogen and oxygen atoms in total. The number of nitrogens with two attached hydrogens (primary N) is 1. The lowest BCUT2D eigenvalue weighted by molar-refractivity contribution is -0.384. The number of rotatable bonds is 4. The molecule has 1 aromatic carbocycles. The molecule has 0 radical (unpaired) electrons.